The van der Waals surface area contributed by atoms with Gasteiger partial charge in [0.15, 0.2) is 0 Å². The summed E-state index contributed by atoms with van der Waals surface area (Å²) >= 11 is 1.42. The van der Waals surface area contributed by atoms with Crippen molar-refractivity contribution >= 4 is 34.8 Å². The number of hydrogen-bond acceptors (Lipinski definition) is 5. The minimum atomic E-state index is -0.902. The number of amides is 1. The largest absolute Gasteiger partial charge is 0.318 e. The second kappa shape index (κ2) is 7.01. The van der Waals surface area contributed by atoms with E-state index in [0.29, 0.717) is 11.0 Å². The highest BCUT2D eigenvalue weighted by Gasteiger charge is 2.23. The van der Waals surface area contributed by atoms with Crippen LogP contribution in [0.2, 0.25) is 0 Å². The smallest absolute Gasteiger partial charge is 0.245 e. The number of carbonyl (C=O) groups is 1. The molecule has 7 heteroatoms. The Kier molecular flexibility index (Phi) is 6.73. The van der Waals surface area contributed by atoms with Gasteiger partial charge in [-0.1, -0.05) is 25.2 Å². The number of anilines is 1. The molecule has 1 aromatic heterocycles. The lowest BCUT2D eigenvalue weighted by molar-refractivity contribution is -0.120. The Morgan fingerprint density at radius 2 is 1.94 bits per heavy atom. The lowest BCUT2D eigenvalue weighted by atomic mass is 10.1. The first-order chi connectivity index (χ1) is 7.88. The van der Waals surface area contributed by atoms with Crippen LogP contribution >= 0.6 is 23.7 Å². The van der Waals surface area contributed by atoms with Crippen LogP contribution in [-0.4, -0.2) is 21.6 Å². The second-order valence-electron chi connectivity index (χ2n) is 4.63. The van der Waals surface area contributed by atoms with E-state index in [0.717, 1.165) is 17.8 Å². The first-order valence-electron chi connectivity index (χ1n) is 5.82. The van der Waals surface area contributed by atoms with Crippen LogP contribution in [0.3, 0.4) is 0 Å². The summed E-state index contributed by atoms with van der Waals surface area (Å²) in [4.78, 5) is 11.7. The Bertz CT molecular complexity index is 385. The van der Waals surface area contributed by atoms with Gasteiger partial charge in [-0.3, -0.25) is 10.1 Å². The molecule has 1 amide bonds. The topological polar surface area (TPSA) is 80.9 Å². The SMILES string of the molecule is CCC(CC)c1nnc(NC(=O)C(C)(C)N)s1.Cl. The highest BCUT2D eigenvalue weighted by atomic mass is 35.5. The molecular weight excluding hydrogens is 272 g/mol. The van der Waals surface area contributed by atoms with E-state index in [-0.39, 0.29) is 18.3 Å². The number of nitrogens with zero attached hydrogens (tertiary/aromatic N) is 2. The molecule has 1 aromatic rings. The Balaban J connectivity index is 0.00000289. The average Bonchev–Trinajstić information content (AvgIpc) is 2.67. The zero-order valence-electron chi connectivity index (χ0n) is 11.2. The molecule has 0 fully saturated rings. The third-order valence-electron chi connectivity index (χ3n) is 2.58. The normalized spacial score (nSPS) is 11.2. The summed E-state index contributed by atoms with van der Waals surface area (Å²) in [7, 11) is 0. The fraction of sp³-hybridized carbons (Fsp3) is 0.727. The predicted octanol–water partition coefficient (Wildman–Crippen LogP) is 2.54. The number of halogens is 1. The molecular formula is C11H21ClN4OS. The number of aromatic nitrogens is 2. The highest BCUT2D eigenvalue weighted by Crippen LogP contribution is 2.28. The molecule has 0 atom stereocenters. The molecule has 1 rings (SSSR count). The van der Waals surface area contributed by atoms with Gasteiger partial charge in [0.05, 0.1) is 5.54 Å². The molecule has 0 aliphatic rings. The molecule has 0 saturated heterocycles. The Labute approximate surface area is 118 Å². The fourth-order valence-electron chi connectivity index (χ4n) is 1.35. The molecule has 3 N–H and O–H groups in total. The molecule has 0 spiro atoms. The van der Waals surface area contributed by atoms with E-state index < -0.39 is 5.54 Å². The molecule has 0 aromatic carbocycles. The van der Waals surface area contributed by atoms with Gasteiger partial charge in [0.25, 0.3) is 0 Å². The van der Waals surface area contributed by atoms with Crippen LogP contribution in [0.15, 0.2) is 0 Å². The number of carbonyl (C=O) groups excluding carboxylic acids is 1. The molecule has 0 unspecified atom stereocenters. The van der Waals surface area contributed by atoms with Crippen molar-refractivity contribution in [3.63, 3.8) is 0 Å². The standard InChI is InChI=1S/C11H20N4OS.ClH/c1-5-7(6-2)8-14-15-10(17-8)13-9(16)11(3,4)12;/h7H,5-6,12H2,1-4H3,(H,13,15,16);1H. The van der Waals surface area contributed by atoms with Gasteiger partial charge in [-0.15, -0.1) is 22.6 Å². The van der Waals surface area contributed by atoms with Gasteiger partial charge in [0, 0.05) is 5.92 Å². The van der Waals surface area contributed by atoms with Crippen molar-refractivity contribution in [2.24, 2.45) is 5.73 Å². The minimum Gasteiger partial charge on any atom is -0.318 e. The molecule has 18 heavy (non-hydrogen) atoms. The van der Waals surface area contributed by atoms with Gasteiger partial charge in [0.2, 0.25) is 11.0 Å². The molecule has 0 aliphatic heterocycles. The lowest BCUT2D eigenvalue weighted by Gasteiger charge is -2.15. The second-order valence-corrected chi connectivity index (χ2v) is 5.64. The third-order valence-corrected chi connectivity index (χ3v) is 3.58. The third kappa shape index (κ3) is 4.51. The monoisotopic (exact) mass is 292 g/mol. The van der Waals surface area contributed by atoms with Crippen molar-refractivity contribution in [1.29, 1.82) is 0 Å². The van der Waals surface area contributed by atoms with Gasteiger partial charge < -0.3 is 5.73 Å². The zero-order valence-corrected chi connectivity index (χ0v) is 12.8. The summed E-state index contributed by atoms with van der Waals surface area (Å²) < 4.78 is 0. The summed E-state index contributed by atoms with van der Waals surface area (Å²) in [5.74, 6) is 0.175. The van der Waals surface area contributed by atoms with Crippen molar-refractivity contribution in [3.8, 4) is 0 Å². The summed E-state index contributed by atoms with van der Waals surface area (Å²) in [6.07, 6.45) is 2.06. The molecule has 0 aliphatic carbocycles. The molecule has 0 saturated carbocycles. The summed E-state index contributed by atoms with van der Waals surface area (Å²) in [6.45, 7) is 7.56. The van der Waals surface area contributed by atoms with Crippen molar-refractivity contribution in [2.45, 2.75) is 52.0 Å². The first kappa shape index (κ1) is 17.3. The number of nitrogens with one attached hydrogen (secondary N) is 1. The Morgan fingerprint density at radius 3 is 2.39 bits per heavy atom. The zero-order chi connectivity index (χ0) is 13.1. The number of hydrogen-bond donors (Lipinski definition) is 2. The maximum absolute atomic E-state index is 11.7. The van der Waals surface area contributed by atoms with Gasteiger partial charge in [-0.2, -0.15) is 0 Å². The average molecular weight is 293 g/mol. The van der Waals surface area contributed by atoms with E-state index in [1.54, 1.807) is 13.8 Å². The van der Waals surface area contributed by atoms with E-state index in [2.05, 4.69) is 29.4 Å². The van der Waals surface area contributed by atoms with Crippen LogP contribution in [0.25, 0.3) is 0 Å². The van der Waals surface area contributed by atoms with Crippen LogP contribution in [0, 0.1) is 0 Å². The highest BCUT2D eigenvalue weighted by molar-refractivity contribution is 7.15. The molecule has 1 heterocycles. The van der Waals surface area contributed by atoms with Crippen molar-refractivity contribution in [1.82, 2.24) is 10.2 Å². The van der Waals surface area contributed by atoms with Crippen molar-refractivity contribution < 1.29 is 4.79 Å². The van der Waals surface area contributed by atoms with Crippen LogP contribution in [0.1, 0.15) is 51.5 Å². The van der Waals surface area contributed by atoms with E-state index in [1.807, 2.05) is 0 Å². The minimum absolute atomic E-state index is 0. The molecule has 104 valence electrons. The van der Waals surface area contributed by atoms with Crippen LogP contribution < -0.4 is 11.1 Å². The fourth-order valence-corrected chi connectivity index (χ4v) is 2.35. The van der Waals surface area contributed by atoms with Crippen LogP contribution in [0.5, 0.6) is 0 Å². The van der Waals surface area contributed by atoms with E-state index in [1.165, 1.54) is 11.3 Å². The summed E-state index contributed by atoms with van der Waals surface area (Å²) in [5, 5.41) is 12.3. The Morgan fingerprint density at radius 1 is 1.39 bits per heavy atom. The Hall–Kier alpha value is -0.720. The van der Waals surface area contributed by atoms with Crippen molar-refractivity contribution in [2.75, 3.05) is 5.32 Å². The van der Waals surface area contributed by atoms with Gasteiger partial charge in [0.1, 0.15) is 5.01 Å². The predicted molar refractivity (Wildman–Crippen MR) is 77.4 cm³/mol. The maximum atomic E-state index is 11.7. The number of rotatable bonds is 5. The first-order valence-corrected chi connectivity index (χ1v) is 6.63. The summed E-state index contributed by atoms with van der Waals surface area (Å²) in [6, 6.07) is 0. The lowest BCUT2D eigenvalue weighted by Crippen LogP contribution is -2.45. The molecule has 0 bridgehead atoms. The van der Waals surface area contributed by atoms with E-state index in [9.17, 15) is 4.79 Å². The van der Waals surface area contributed by atoms with Crippen molar-refractivity contribution in [3.05, 3.63) is 5.01 Å². The number of nitrogens with two attached hydrogens (primary N) is 1. The quantitative estimate of drug-likeness (QED) is 0.874. The van der Waals surface area contributed by atoms with Crippen LogP contribution in [0.4, 0.5) is 5.13 Å². The maximum Gasteiger partial charge on any atom is 0.245 e. The molecule has 5 nitrogen and oxygen atoms in total. The van der Waals surface area contributed by atoms with Gasteiger partial charge >= 0.3 is 0 Å². The van der Waals surface area contributed by atoms with Gasteiger partial charge in [-0.05, 0) is 26.7 Å². The molecule has 0 radical (unpaired) electrons. The van der Waals surface area contributed by atoms with E-state index in [4.69, 9.17) is 5.73 Å². The van der Waals surface area contributed by atoms with Crippen LogP contribution in [-0.2, 0) is 4.79 Å². The van der Waals surface area contributed by atoms with E-state index >= 15 is 0 Å². The summed E-state index contributed by atoms with van der Waals surface area (Å²) in [5.41, 5.74) is 4.79. The van der Waals surface area contributed by atoms with Gasteiger partial charge in [-0.25, -0.2) is 0 Å².